The molecule has 2 heterocycles. The smallest absolute Gasteiger partial charge is 0.410 e. The first-order chi connectivity index (χ1) is 11.9. The lowest BCUT2D eigenvalue weighted by Gasteiger charge is -2.44. The summed E-state index contributed by atoms with van der Waals surface area (Å²) in [6, 6.07) is 5.02. The number of hydrogen-bond donors (Lipinski definition) is 3. The number of nitrogens with two attached hydrogens (primary N) is 1. The third kappa shape index (κ3) is 2.53. The molecule has 8 nitrogen and oxygen atoms in total. The van der Waals surface area contributed by atoms with E-state index in [0.717, 1.165) is 0 Å². The van der Waals surface area contributed by atoms with E-state index in [1.165, 1.54) is 13.8 Å². The Kier molecular flexibility index (Phi) is 3.99. The monoisotopic (exact) mass is 381 g/mol. The highest BCUT2D eigenvalue weighted by Crippen LogP contribution is 2.49. The fourth-order valence-corrected chi connectivity index (χ4v) is 6.10. The van der Waals surface area contributed by atoms with Gasteiger partial charge in [-0.05, 0) is 45.9 Å². The van der Waals surface area contributed by atoms with Crippen LogP contribution in [0.2, 0.25) is 0 Å². The van der Waals surface area contributed by atoms with Gasteiger partial charge in [-0.3, -0.25) is 10.3 Å². The summed E-state index contributed by atoms with van der Waals surface area (Å²) in [7, 11) is -3.80. The molecule has 142 valence electrons. The first-order valence-corrected chi connectivity index (χ1v) is 9.84. The van der Waals surface area contributed by atoms with Gasteiger partial charge >= 0.3 is 6.09 Å². The highest BCUT2D eigenvalue weighted by Gasteiger charge is 2.59. The number of nitrogens with zero attached hydrogens (tertiary/aromatic N) is 1. The van der Waals surface area contributed by atoms with Crippen LogP contribution in [0, 0.1) is 0 Å². The van der Waals surface area contributed by atoms with Gasteiger partial charge in [0.2, 0.25) is 0 Å². The summed E-state index contributed by atoms with van der Waals surface area (Å²) in [6.45, 7) is 6.43. The summed E-state index contributed by atoms with van der Waals surface area (Å²) in [5.41, 5.74) is 5.69. The number of nitrogen functional groups attached to an aromatic ring is 1. The van der Waals surface area contributed by atoms with E-state index < -0.39 is 31.5 Å². The number of ether oxygens (including phenoxy) is 1. The van der Waals surface area contributed by atoms with E-state index in [1.807, 2.05) is 6.92 Å². The van der Waals surface area contributed by atoms with Gasteiger partial charge in [-0.1, -0.05) is 0 Å². The maximum Gasteiger partial charge on any atom is 0.410 e. The zero-order valence-corrected chi connectivity index (χ0v) is 15.9. The number of sulfone groups is 1. The molecule has 4 N–H and O–H groups in total. The number of aliphatic imine (C=N–C) groups is 1. The number of benzene rings is 1. The quantitative estimate of drug-likeness (QED) is 0.588. The highest BCUT2D eigenvalue weighted by molar-refractivity contribution is 7.94. The van der Waals surface area contributed by atoms with Crippen LogP contribution in [0.15, 0.2) is 23.2 Å². The molecule has 0 saturated heterocycles. The lowest BCUT2D eigenvalue weighted by atomic mass is 9.85. The number of nitrogens with one attached hydrogen (secondary N) is 1. The van der Waals surface area contributed by atoms with Crippen molar-refractivity contribution >= 4 is 27.5 Å². The second-order valence-electron chi connectivity index (χ2n) is 7.50. The van der Waals surface area contributed by atoms with Crippen LogP contribution in [0.25, 0.3) is 0 Å². The van der Waals surface area contributed by atoms with Gasteiger partial charge in [0.1, 0.15) is 21.9 Å². The number of hydrogen-bond acceptors (Lipinski definition) is 6. The largest absolute Gasteiger partial charge is 0.490 e. The standard InChI is InChI=1S/C17H23N3O5S/c1-9-7-13-17(4,11-8-10(18)5-6-12(11)25-9)20-14(19-15(21)22)16(2,3)26(13,23)24/h5-6,8-9,13H,7,18H2,1-4H3,(H,19,20)(H,21,22)/t9-,13-,17-/m1/s1. The van der Waals surface area contributed by atoms with E-state index in [1.54, 1.807) is 25.1 Å². The summed E-state index contributed by atoms with van der Waals surface area (Å²) in [4.78, 5) is 15.8. The molecule has 1 aromatic rings. The molecule has 0 aliphatic carbocycles. The van der Waals surface area contributed by atoms with Crippen LogP contribution in [0.1, 0.15) is 39.7 Å². The van der Waals surface area contributed by atoms with E-state index in [4.69, 9.17) is 15.6 Å². The first-order valence-electron chi connectivity index (χ1n) is 8.30. The molecule has 1 amide bonds. The summed E-state index contributed by atoms with van der Waals surface area (Å²) >= 11 is 0. The molecule has 2 aliphatic rings. The second-order valence-corrected chi connectivity index (χ2v) is 10.2. The summed E-state index contributed by atoms with van der Waals surface area (Å²) < 4.78 is 31.4. The summed E-state index contributed by atoms with van der Waals surface area (Å²) in [6.07, 6.45) is -1.47. The molecule has 3 rings (SSSR count). The highest BCUT2D eigenvalue weighted by atomic mass is 32.2. The Balaban J connectivity index is 2.35. The fourth-order valence-electron chi connectivity index (χ4n) is 3.71. The van der Waals surface area contributed by atoms with Crippen molar-refractivity contribution < 1.29 is 23.1 Å². The molecular formula is C17H23N3O5S. The zero-order chi connectivity index (χ0) is 19.5. The van der Waals surface area contributed by atoms with Crippen LogP contribution in [-0.2, 0) is 15.4 Å². The molecule has 2 aliphatic heterocycles. The number of carbonyl (C=O) groups is 1. The van der Waals surface area contributed by atoms with Gasteiger partial charge in [0, 0.05) is 17.7 Å². The predicted octanol–water partition coefficient (Wildman–Crippen LogP) is 1.90. The molecule has 9 heteroatoms. The molecule has 0 radical (unpaired) electrons. The molecule has 3 atom stereocenters. The van der Waals surface area contributed by atoms with E-state index >= 15 is 0 Å². The Hall–Kier alpha value is -2.29. The van der Waals surface area contributed by atoms with Crippen LogP contribution < -0.4 is 15.8 Å². The minimum Gasteiger partial charge on any atom is -0.490 e. The first kappa shape index (κ1) is 18.5. The SMILES string of the molecule is C[C@@H]1C[C@@H]2[C@](C)(N=C(NC(=O)O)C(C)(C)S2(=O)=O)c2cc(N)ccc2O1. The number of fused-ring (bicyclic) bond motifs is 3. The van der Waals surface area contributed by atoms with Crippen LogP contribution in [0.5, 0.6) is 5.75 Å². The van der Waals surface area contributed by atoms with Crippen molar-refractivity contribution in [3.05, 3.63) is 23.8 Å². The molecule has 0 saturated carbocycles. The Morgan fingerprint density at radius 3 is 2.65 bits per heavy atom. The molecule has 0 fully saturated rings. The van der Waals surface area contributed by atoms with Crippen molar-refractivity contribution in [1.82, 2.24) is 5.32 Å². The maximum atomic E-state index is 13.5. The zero-order valence-electron chi connectivity index (χ0n) is 15.1. The van der Waals surface area contributed by atoms with Crippen LogP contribution in [0.3, 0.4) is 0 Å². The molecule has 0 unspecified atom stereocenters. The lowest BCUT2D eigenvalue weighted by molar-refractivity contribution is 0.199. The molecule has 0 spiro atoms. The molecule has 0 aromatic heterocycles. The average molecular weight is 381 g/mol. The lowest BCUT2D eigenvalue weighted by Crippen LogP contribution is -2.61. The Morgan fingerprint density at radius 1 is 1.38 bits per heavy atom. The van der Waals surface area contributed by atoms with E-state index in [2.05, 4.69) is 10.3 Å². The van der Waals surface area contributed by atoms with E-state index in [0.29, 0.717) is 17.0 Å². The van der Waals surface area contributed by atoms with E-state index in [9.17, 15) is 13.2 Å². The van der Waals surface area contributed by atoms with Crippen LogP contribution in [-0.4, -0.2) is 41.6 Å². The number of anilines is 1. The van der Waals surface area contributed by atoms with Gasteiger partial charge in [0.25, 0.3) is 0 Å². The Morgan fingerprint density at radius 2 is 2.04 bits per heavy atom. The Labute approximate surface area is 152 Å². The van der Waals surface area contributed by atoms with Gasteiger partial charge in [0.15, 0.2) is 9.84 Å². The minimum absolute atomic E-state index is 0.105. The average Bonchev–Trinajstić information content (AvgIpc) is 2.61. The van der Waals surface area contributed by atoms with E-state index in [-0.39, 0.29) is 18.4 Å². The summed E-state index contributed by atoms with van der Waals surface area (Å²) in [5.74, 6) is 0.400. The molecular weight excluding hydrogens is 358 g/mol. The van der Waals surface area contributed by atoms with Gasteiger partial charge in [-0.15, -0.1) is 0 Å². The minimum atomic E-state index is -3.80. The van der Waals surface area contributed by atoms with Gasteiger partial charge in [-0.2, -0.15) is 0 Å². The second kappa shape index (κ2) is 5.60. The fraction of sp³-hybridized carbons (Fsp3) is 0.529. The molecule has 1 aromatic carbocycles. The number of rotatable bonds is 0. The van der Waals surface area contributed by atoms with Crippen molar-refractivity contribution in [3.8, 4) is 5.75 Å². The number of amidine groups is 1. The topological polar surface area (TPSA) is 131 Å². The van der Waals surface area contributed by atoms with Gasteiger partial charge in [-0.25, -0.2) is 13.2 Å². The van der Waals surface area contributed by atoms with Crippen molar-refractivity contribution in [2.75, 3.05) is 5.73 Å². The number of amides is 1. The van der Waals surface area contributed by atoms with Crippen LogP contribution in [0.4, 0.5) is 10.5 Å². The third-order valence-electron chi connectivity index (χ3n) is 5.28. The van der Waals surface area contributed by atoms with Crippen molar-refractivity contribution in [2.24, 2.45) is 4.99 Å². The van der Waals surface area contributed by atoms with Crippen molar-refractivity contribution in [1.29, 1.82) is 0 Å². The van der Waals surface area contributed by atoms with Gasteiger partial charge in [0.05, 0.1) is 11.4 Å². The predicted molar refractivity (Wildman–Crippen MR) is 98.3 cm³/mol. The normalized spacial score (nSPS) is 31.5. The summed E-state index contributed by atoms with van der Waals surface area (Å²) in [5, 5.41) is 10.5. The number of carboxylic acid groups (broad SMARTS) is 1. The van der Waals surface area contributed by atoms with Crippen molar-refractivity contribution in [2.45, 2.75) is 55.8 Å². The van der Waals surface area contributed by atoms with Crippen molar-refractivity contribution in [3.63, 3.8) is 0 Å². The van der Waals surface area contributed by atoms with Crippen LogP contribution >= 0.6 is 0 Å². The third-order valence-corrected chi connectivity index (χ3v) is 8.29. The maximum absolute atomic E-state index is 13.5. The molecule has 0 bridgehead atoms. The molecule has 26 heavy (non-hydrogen) atoms. The Bertz CT molecular complexity index is 909. The van der Waals surface area contributed by atoms with Gasteiger partial charge < -0.3 is 15.6 Å².